The Morgan fingerprint density at radius 2 is 2.38 bits per heavy atom. The zero-order valence-electron chi connectivity index (χ0n) is 7.83. The standard InChI is InChI=1S/C9H14N2O2/c1-3-6(2)11-9(12)7-4-5-8(10)13-7/h4-6H,3,10H2,1-2H3,(H,11,12). The number of amides is 1. The van der Waals surface area contributed by atoms with Gasteiger partial charge in [0, 0.05) is 12.1 Å². The van der Waals surface area contributed by atoms with Crippen molar-refractivity contribution in [2.75, 3.05) is 5.73 Å². The van der Waals surface area contributed by atoms with Crippen molar-refractivity contribution in [2.24, 2.45) is 0 Å². The van der Waals surface area contributed by atoms with E-state index in [-0.39, 0.29) is 23.6 Å². The molecule has 1 unspecified atom stereocenters. The second kappa shape index (κ2) is 3.98. The Labute approximate surface area is 77.1 Å². The Morgan fingerprint density at radius 3 is 2.85 bits per heavy atom. The summed E-state index contributed by atoms with van der Waals surface area (Å²) in [5.74, 6) is 0.304. The summed E-state index contributed by atoms with van der Waals surface area (Å²) in [5.41, 5.74) is 5.33. The van der Waals surface area contributed by atoms with Crippen LogP contribution in [-0.4, -0.2) is 11.9 Å². The predicted octanol–water partition coefficient (Wildman–Crippen LogP) is 1.39. The van der Waals surface area contributed by atoms with Gasteiger partial charge in [-0.15, -0.1) is 0 Å². The van der Waals surface area contributed by atoms with Crippen LogP contribution in [0.2, 0.25) is 0 Å². The highest BCUT2D eigenvalue weighted by Crippen LogP contribution is 2.08. The molecule has 13 heavy (non-hydrogen) atoms. The van der Waals surface area contributed by atoms with E-state index in [1.54, 1.807) is 12.1 Å². The Balaban J connectivity index is 2.58. The molecule has 0 aliphatic carbocycles. The van der Waals surface area contributed by atoms with Gasteiger partial charge in [0.25, 0.3) is 5.91 Å². The molecule has 0 saturated heterocycles. The smallest absolute Gasteiger partial charge is 0.287 e. The lowest BCUT2D eigenvalue weighted by atomic mass is 10.2. The molecule has 1 heterocycles. The first-order valence-corrected chi connectivity index (χ1v) is 4.29. The molecule has 0 radical (unpaired) electrons. The maximum Gasteiger partial charge on any atom is 0.287 e. The molecule has 1 amide bonds. The van der Waals surface area contributed by atoms with Gasteiger partial charge in [-0.05, 0) is 19.4 Å². The van der Waals surface area contributed by atoms with E-state index >= 15 is 0 Å². The number of anilines is 1. The number of carbonyl (C=O) groups excluding carboxylic acids is 1. The monoisotopic (exact) mass is 182 g/mol. The topological polar surface area (TPSA) is 68.3 Å². The zero-order valence-corrected chi connectivity index (χ0v) is 7.83. The third kappa shape index (κ3) is 2.50. The van der Waals surface area contributed by atoms with E-state index in [0.717, 1.165) is 6.42 Å². The van der Waals surface area contributed by atoms with Crippen molar-refractivity contribution < 1.29 is 9.21 Å². The van der Waals surface area contributed by atoms with Crippen LogP contribution in [-0.2, 0) is 0 Å². The fourth-order valence-electron chi connectivity index (χ4n) is 0.872. The van der Waals surface area contributed by atoms with Gasteiger partial charge < -0.3 is 15.5 Å². The van der Waals surface area contributed by atoms with Crippen molar-refractivity contribution in [2.45, 2.75) is 26.3 Å². The molecule has 72 valence electrons. The molecular weight excluding hydrogens is 168 g/mol. The lowest BCUT2D eigenvalue weighted by Gasteiger charge is -2.08. The van der Waals surface area contributed by atoms with Crippen LogP contribution >= 0.6 is 0 Å². The first-order valence-electron chi connectivity index (χ1n) is 4.29. The van der Waals surface area contributed by atoms with E-state index in [0.29, 0.717) is 0 Å². The van der Waals surface area contributed by atoms with Crippen molar-refractivity contribution in [3.8, 4) is 0 Å². The van der Waals surface area contributed by atoms with Gasteiger partial charge in [-0.3, -0.25) is 4.79 Å². The number of rotatable bonds is 3. The Morgan fingerprint density at radius 1 is 1.69 bits per heavy atom. The van der Waals surface area contributed by atoms with Gasteiger partial charge in [0.05, 0.1) is 0 Å². The molecule has 1 aromatic rings. The second-order valence-electron chi connectivity index (χ2n) is 2.98. The molecule has 1 atom stereocenters. The Kier molecular flexibility index (Phi) is 2.95. The summed E-state index contributed by atoms with van der Waals surface area (Å²) in [6, 6.07) is 3.28. The molecule has 0 fully saturated rings. The third-order valence-electron chi connectivity index (χ3n) is 1.84. The van der Waals surface area contributed by atoms with Crippen LogP contribution in [0.4, 0.5) is 5.88 Å². The summed E-state index contributed by atoms with van der Waals surface area (Å²) in [6.07, 6.45) is 0.891. The molecule has 3 N–H and O–H groups in total. The molecule has 4 heteroatoms. The number of hydrogen-bond acceptors (Lipinski definition) is 3. The van der Waals surface area contributed by atoms with E-state index in [1.165, 1.54) is 0 Å². The predicted molar refractivity (Wildman–Crippen MR) is 50.3 cm³/mol. The van der Waals surface area contributed by atoms with Crippen molar-refractivity contribution >= 4 is 11.8 Å². The molecule has 4 nitrogen and oxygen atoms in total. The van der Waals surface area contributed by atoms with Crippen molar-refractivity contribution in [1.82, 2.24) is 5.32 Å². The SMILES string of the molecule is CCC(C)NC(=O)c1ccc(N)o1. The molecule has 0 aliphatic rings. The van der Waals surface area contributed by atoms with Gasteiger partial charge in [-0.25, -0.2) is 0 Å². The van der Waals surface area contributed by atoms with E-state index in [1.807, 2.05) is 13.8 Å². The average molecular weight is 182 g/mol. The molecule has 0 spiro atoms. The van der Waals surface area contributed by atoms with Crippen LogP contribution in [0.3, 0.4) is 0 Å². The van der Waals surface area contributed by atoms with Gasteiger partial charge in [0.15, 0.2) is 11.6 Å². The van der Waals surface area contributed by atoms with Crippen LogP contribution in [0.1, 0.15) is 30.8 Å². The lowest BCUT2D eigenvalue weighted by Crippen LogP contribution is -2.31. The fourth-order valence-corrected chi connectivity index (χ4v) is 0.872. The first-order chi connectivity index (χ1) is 6.13. The second-order valence-corrected chi connectivity index (χ2v) is 2.98. The normalized spacial score (nSPS) is 12.5. The summed E-state index contributed by atoms with van der Waals surface area (Å²) in [7, 11) is 0. The number of carbonyl (C=O) groups is 1. The molecular formula is C9H14N2O2. The minimum absolute atomic E-state index is 0.152. The van der Waals surface area contributed by atoms with E-state index in [9.17, 15) is 4.79 Å². The minimum atomic E-state index is -0.217. The van der Waals surface area contributed by atoms with E-state index in [4.69, 9.17) is 10.2 Å². The zero-order chi connectivity index (χ0) is 9.84. The number of nitrogens with one attached hydrogen (secondary N) is 1. The van der Waals surface area contributed by atoms with Crippen LogP contribution in [0.15, 0.2) is 16.5 Å². The molecule has 1 aromatic heterocycles. The molecule has 0 aromatic carbocycles. The van der Waals surface area contributed by atoms with Crippen LogP contribution in [0.5, 0.6) is 0 Å². The van der Waals surface area contributed by atoms with Crippen LogP contribution < -0.4 is 11.1 Å². The van der Waals surface area contributed by atoms with E-state index in [2.05, 4.69) is 5.32 Å². The number of furan rings is 1. The van der Waals surface area contributed by atoms with Crippen molar-refractivity contribution in [3.63, 3.8) is 0 Å². The van der Waals surface area contributed by atoms with Crippen molar-refractivity contribution in [3.05, 3.63) is 17.9 Å². The highest BCUT2D eigenvalue weighted by atomic mass is 16.4. The summed E-state index contributed by atoms with van der Waals surface area (Å²) in [4.78, 5) is 11.4. The molecule has 1 rings (SSSR count). The largest absolute Gasteiger partial charge is 0.436 e. The average Bonchev–Trinajstić information content (AvgIpc) is 2.51. The summed E-state index contributed by atoms with van der Waals surface area (Å²) in [6.45, 7) is 3.94. The summed E-state index contributed by atoms with van der Waals surface area (Å²) < 4.78 is 4.96. The van der Waals surface area contributed by atoms with Gasteiger partial charge in [-0.1, -0.05) is 6.92 Å². The Bertz CT molecular complexity index is 294. The maximum absolute atomic E-state index is 11.4. The first kappa shape index (κ1) is 9.64. The fraction of sp³-hybridized carbons (Fsp3) is 0.444. The van der Waals surface area contributed by atoms with Gasteiger partial charge in [0.2, 0.25) is 0 Å². The molecule has 0 bridgehead atoms. The highest BCUT2D eigenvalue weighted by Gasteiger charge is 2.11. The number of hydrogen-bond donors (Lipinski definition) is 2. The van der Waals surface area contributed by atoms with Gasteiger partial charge in [-0.2, -0.15) is 0 Å². The quantitative estimate of drug-likeness (QED) is 0.742. The third-order valence-corrected chi connectivity index (χ3v) is 1.84. The minimum Gasteiger partial charge on any atom is -0.436 e. The van der Waals surface area contributed by atoms with Gasteiger partial charge >= 0.3 is 0 Å². The van der Waals surface area contributed by atoms with Crippen LogP contribution in [0, 0.1) is 0 Å². The van der Waals surface area contributed by atoms with E-state index < -0.39 is 0 Å². The van der Waals surface area contributed by atoms with Crippen LogP contribution in [0.25, 0.3) is 0 Å². The molecule has 0 aliphatic heterocycles. The summed E-state index contributed by atoms with van der Waals surface area (Å²) >= 11 is 0. The molecule has 0 saturated carbocycles. The lowest BCUT2D eigenvalue weighted by molar-refractivity contribution is 0.0912. The number of nitrogen functional groups attached to an aromatic ring is 1. The highest BCUT2D eigenvalue weighted by molar-refractivity contribution is 5.91. The van der Waals surface area contributed by atoms with Crippen molar-refractivity contribution in [1.29, 1.82) is 0 Å². The maximum atomic E-state index is 11.4. The number of nitrogens with two attached hydrogens (primary N) is 1. The summed E-state index contributed by atoms with van der Waals surface area (Å²) in [5, 5.41) is 2.77. The van der Waals surface area contributed by atoms with Gasteiger partial charge in [0.1, 0.15) is 0 Å². The Hall–Kier alpha value is -1.45.